The van der Waals surface area contributed by atoms with Gasteiger partial charge >= 0.3 is 5.97 Å². The molecule has 126 valence electrons. The molecule has 5 nitrogen and oxygen atoms in total. The van der Waals surface area contributed by atoms with E-state index < -0.39 is 6.10 Å². The number of nitrogens with one attached hydrogen (secondary N) is 1. The third-order valence-corrected chi connectivity index (χ3v) is 3.25. The Labute approximate surface area is 141 Å². The molecule has 0 aliphatic rings. The van der Waals surface area contributed by atoms with Gasteiger partial charge in [0.1, 0.15) is 5.75 Å². The number of carbonyl (C=O) groups is 2. The molecule has 0 bridgehead atoms. The van der Waals surface area contributed by atoms with Crippen LogP contribution in [0.2, 0.25) is 0 Å². The van der Waals surface area contributed by atoms with E-state index in [9.17, 15) is 9.59 Å². The fraction of sp³-hybridized carbons (Fsp3) is 0.263. The highest BCUT2D eigenvalue weighted by atomic mass is 16.5. The highest BCUT2D eigenvalue weighted by Crippen LogP contribution is 2.14. The van der Waals surface area contributed by atoms with Gasteiger partial charge in [-0.25, -0.2) is 4.79 Å². The Hall–Kier alpha value is -2.82. The van der Waals surface area contributed by atoms with E-state index in [4.69, 9.17) is 9.47 Å². The molecule has 0 unspecified atom stereocenters. The van der Waals surface area contributed by atoms with Gasteiger partial charge in [0.2, 0.25) is 0 Å². The monoisotopic (exact) mass is 327 g/mol. The van der Waals surface area contributed by atoms with E-state index >= 15 is 0 Å². The van der Waals surface area contributed by atoms with Crippen LogP contribution in [0.15, 0.2) is 54.6 Å². The highest BCUT2D eigenvalue weighted by molar-refractivity contribution is 5.95. The van der Waals surface area contributed by atoms with E-state index in [0.29, 0.717) is 23.6 Å². The standard InChI is InChI=1S/C19H21NO4/c1-3-13-23-19(22)15-9-11-16(12-10-15)20-18(21)14(2)24-17-7-5-4-6-8-17/h4-12,14H,3,13H2,1-2H3,(H,20,21)/t14-/m0/s1. The molecule has 1 atom stereocenters. The molecule has 5 heteroatoms. The number of hydrogen-bond acceptors (Lipinski definition) is 4. The van der Waals surface area contributed by atoms with Crippen LogP contribution >= 0.6 is 0 Å². The fourth-order valence-electron chi connectivity index (χ4n) is 1.97. The van der Waals surface area contributed by atoms with Gasteiger partial charge in [-0.05, 0) is 49.7 Å². The Kier molecular flexibility index (Phi) is 6.37. The minimum Gasteiger partial charge on any atom is -0.481 e. The zero-order valence-corrected chi connectivity index (χ0v) is 13.8. The molecule has 0 saturated carbocycles. The molecular weight excluding hydrogens is 306 g/mol. The highest BCUT2D eigenvalue weighted by Gasteiger charge is 2.15. The number of amides is 1. The average Bonchev–Trinajstić information content (AvgIpc) is 2.61. The molecule has 1 amide bonds. The first-order chi connectivity index (χ1) is 11.6. The number of esters is 1. The summed E-state index contributed by atoms with van der Waals surface area (Å²) in [5.41, 5.74) is 1.05. The lowest BCUT2D eigenvalue weighted by molar-refractivity contribution is -0.122. The first-order valence-electron chi connectivity index (χ1n) is 7.90. The number of carbonyl (C=O) groups excluding carboxylic acids is 2. The first kappa shape index (κ1) is 17.5. The van der Waals surface area contributed by atoms with Crippen molar-refractivity contribution >= 4 is 17.6 Å². The molecule has 2 aromatic carbocycles. The van der Waals surface area contributed by atoms with Gasteiger partial charge in [0, 0.05) is 5.69 Å². The van der Waals surface area contributed by atoms with E-state index in [-0.39, 0.29) is 11.9 Å². The van der Waals surface area contributed by atoms with E-state index in [0.717, 1.165) is 6.42 Å². The predicted molar refractivity (Wildman–Crippen MR) is 92.2 cm³/mol. The molecular formula is C19H21NO4. The van der Waals surface area contributed by atoms with E-state index in [1.54, 1.807) is 43.3 Å². The molecule has 2 rings (SSSR count). The van der Waals surface area contributed by atoms with Gasteiger partial charge < -0.3 is 14.8 Å². The van der Waals surface area contributed by atoms with Crippen LogP contribution in [-0.4, -0.2) is 24.6 Å². The Bertz CT molecular complexity index is 668. The van der Waals surface area contributed by atoms with Gasteiger partial charge in [-0.2, -0.15) is 0 Å². The number of para-hydroxylation sites is 1. The number of hydrogen-bond donors (Lipinski definition) is 1. The van der Waals surface area contributed by atoms with Crippen LogP contribution < -0.4 is 10.1 Å². The summed E-state index contributed by atoms with van der Waals surface area (Å²) in [5, 5.41) is 2.76. The maximum Gasteiger partial charge on any atom is 0.338 e. The number of anilines is 1. The van der Waals surface area contributed by atoms with Crippen LogP contribution in [0.4, 0.5) is 5.69 Å². The lowest BCUT2D eigenvalue weighted by Crippen LogP contribution is -2.30. The van der Waals surface area contributed by atoms with E-state index in [2.05, 4.69) is 5.32 Å². The Morgan fingerprint density at radius 3 is 2.33 bits per heavy atom. The third-order valence-electron chi connectivity index (χ3n) is 3.25. The van der Waals surface area contributed by atoms with Gasteiger partial charge in [-0.3, -0.25) is 4.79 Å². The van der Waals surface area contributed by atoms with Crippen molar-refractivity contribution in [1.29, 1.82) is 0 Å². The largest absolute Gasteiger partial charge is 0.481 e. The molecule has 0 fully saturated rings. The maximum absolute atomic E-state index is 12.1. The van der Waals surface area contributed by atoms with Gasteiger partial charge in [0.25, 0.3) is 5.91 Å². The van der Waals surface area contributed by atoms with Crippen LogP contribution in [0.5, 0.6) is 5.75 Å². The van der Waals surface area contributed by atoms with Crippen LogP contribution in [0.25, 0.3) is 0 Å². The van der Waals surface area contributed by atoms with Crippen molar-refractivity contribution < 1.29 is 19.1 Å². The molecule has 0 aliphatic heterocycles. The molecule has 0 aliphatic carbocycles. The van der Waals surface area contributed by atoms with E-state index in [1.807, 2.05) is 25.1 Å². The minimum atomic E-state index is -0.637. The van der Waals surface area contributed by atoms with Crippen molar-refractivity contribution in [1.82, 2.24) is 0 Å². The Morgan fingerprint density at radius 1 is 1.04 bits per heavy atom. The maximum atomic E-state index is 12.1. The average molecular weight is 327 g/mol. The molecule has 1 N–H and O–H groups in total. The molecule has 2 aromatic rings. The van der Waals surface area contributed by atoms with Crippen molar-refractivity contribution in [2.45, 2.75) is 26.4 Å². The second kappa shape index (κ2) is 8.72. The third kappa shape index (κ3) is 5.12. The summed E-state index contributed by atoms with van der Waals surface area (Å²) in [6.07, 6.45) is 0.140. The predicted octanol–water partition coefficient (Wildman–Crippen LogP) is 3.66. The van der Waals surface area contributed by atoms with Gasteiger partial charge in [-0.1, -0.05) is 25.1 Å². The van der Waals surface area contributed by atoms with Crippen molar-refractivity contribution in [3.05, 3.63) is 60.2 Å². The van der Waals surface area contributed by atoms with Crippen molar-refractivity contribution in [3.63, 3.8) is 0 Å². The van der Waals surface area contributed by atoms with E-state index in [1.165, 1.54) is 0 Å². The molecule has 0 spiro atoms. The topological polar surface area (TPSA) is 64.6 Å². The zero-order chi connectivity index (χ0) is 17.4. The van der Waals surface area contributed by atoms with Gasteiger partial charge in [-0.15, -0.1) is 0 Å². The molecule has 0 radical (unpaired) electrons. The van der Waals surface area contributed by atoms with Crippen LogP contribution in [-0.2, 0) is 9.53 Å². The summed E-state index contributed by atoms with van der Waals surface area (Å²) in [4.78, 5) is 23.9. The summed E-state index contributed by atoms with van der Waals surface area (Å²) in [7, 11) is 0. The summed E-state index contributed by atoms with van der Waals surface area (Å²) >= 11 is 0. The Morgan fingerprint density at radius 2 is 1.71 bits per heavy atom. The number of benzene rings is 2. The minimum absolute atomic E-state index is 0.264. The second-order valence-electron chi connectivity index (χ2n) is 5.28. The Balaban J connectivity index is 1.90. The van der Waals surface area contributed by atoms with Crippen LogP contribution in [0, 0.1) is 0 Å². The molecule has 24 heavy (non-hydrogen) atoms. The number of ether oxygens (including phenoxy) is 2. The molecule has 0 saturated heterocycles. The zero-order valence-electron chi connectivity index (χ0n) is 13.8. The quantitative estimate of drug-likeness (QED) is 0.788. The van der Waals surface area contributed by atoms with Crippen molar-refractivity contribution in [2.75, 3.05) is 11.9 Å². The second-order valence-corrected chi connectivity index (χ2v) is 5.28. The normalized spacial score (nSPS) is 11.4. The summed E-state index contributed by atoms with van der Waals surface area (Å²) in [6, 6.07) is 15.7. The van der Waals surface area contributed by atoms with Gasteiger partial charge in [0.15, 0.2) is 6.10 Å². The first-order valence-corrected chi connectivity index (χ1v) is 7.90. The SMILES string of the molecule is CCCOC(=O)c1ccc(NC(=O)[C@H](C)Oc2ccccc2)cc1. The summed E-state index contributed by atoms with van der Waals surface area (Å²) in [6.45, 7) is 4.01. The lowest BCUT2D eigenvalue weighted by atomic mass is 10.2. The van der Waals surface area contributed by atoms with Crippen molar-refractivity contribution in [2.24, 2.45) is 0 Å². The lowest BCUT2D eigenvalue weighted by Gasteiger charge is -2.14. The fourth-order valence-corrected chi connectivity index (χ4v) is 1.97. The smallest absolute Gasteiger partial charge is 0.338 e. The number of rotatable bonds is 7. The van der Waals surface area contributed by atoms with Crippen LogP contribution in [0.1, 0.15) is 30.6 Å². The molecule has 0 heterocycles. The molecule has 0 aromatic heterocycles. The van der Waals surface area contributed by atoms with Gasteiger partial charge in [0.05, 0.1) is 12.2 Å². The van der Waals surface area contributed by atoms with Crippen LogP contribution in [0.3, 0.4) is 0 Å². The van der Waals surface area contributed by atoms with Crippen molar-refractivity contribution in [3.8, 4) is 5.75 Å². The summed E-state index contributed by atoms with van der Waals surface area (Å²) < 4.78 is 10.6. The summed E-state index contributed by atoms with van der Waals surface area (Å²) in [5.74, 6) is 0.00448.